The molecule has 0 bridgehead atoms. The monoisotopic (exact) mass is 397 g/mol. The minimum atomic E-state index is -4.54. The molecule has 1 aromatic heterocycles. The molecule has 1 heterocycles. The summed E-state index contributed by atoms with van der Waals surface area (Å²) in [6.07, 6.45) is -1.92. The average Bonchev–Trinajstić information content (AvgIpc) is 3.11. The molecular formula is C22H15F4N3. The Labute approximate surface area is 163 Å². The molecule has 29 heavy (non-hydrogen) atoms. The fourth-order valence-electron chi connectivity index (χ4n) is 2.96. The van der Waals surface area contributed by atoms with Gasteiger partial charge in [0.2, 0.25) is 0 Å². The molecule has 7 heteroatoms. The van der Waals surface area contributed by atoms with Gasteiger partial charge in [-0.25, -0.2) is 9.07 Å². The summed E-state index contributed by atoms with van der Waals surface area (Å²) < 4.78 is 55.2. The number of hydrogen-bond acceptors (Lipinski definition) is 2. The van der Waals surface area contributed by atoms with E-state index in [1.807, 2.05) is 0 Å². The molecule has 0 aliphatic carbocycles. The summed E-state index contributed by atoms with van der Waals surface area (Å²) in [4.78, 5) is 0. The zero-order valence-corrected chi connectivity index (χ0v) is 15.0. The van der Waals surface area contributed by atoms with E-state index in [1.165, 1.54) is 12.1 Å². The molecule has 0 atom stereocenters. The van der Waals surface area contributed by atoms with Crippen molar-refractivity contribution in [3.05, 3.63) is 96.1 Å². The van der Waals surface area contributed by atoms with Crippen molar-refractivity contribution in [2.24, 2.45) is 0 Å². The Morgan fingerprint density at radius 3 is 2.34 bits per heavy atom. The summed E-state index contributed by atoms with van der Waals surface area (Å²) >= 11 is 0. The second-order valence-corrected chi connectivity index (χ2v) is 6.40. The molecule has 0 spiro atoms. The Morgan fingerprint density at radius 1 is 0.931 bits per heavy atom. The van der Waals surface area contributed by atoms with E-state index in [4.69, 9.17) is 0 Å². The number of nitrogens with one attached hydrogen (secondary N) is 1. The molecule has 3 aromatic carbocycles. The highest BCUT2D eigenvalue weighted by Crippen LogP contribution is 2.30. The molecule has 0 fully saturated rings. The van der Waals surface area contributed by atoms with Crippen molar-refractivity contribution in [3.8, 4) is 5.69 Å². The molecule has 0 aliphatic rings. The number of rotatable bonds is 4. The fraction of sp³-hybridized carbons (Fsp3) is 0.0455. The largest absolute Gasteiger partial charge is 0.431 e. The highest BCUT2D eigenvalue weighted by Gasteiger charge is 2.34. The van der Waals surface area contributed by atoms with Crippen molar-refractivity contribution >= 4 is 22.7 Å². The van der Waals surface area contributed by atoms with E-state index in [1.54, 1.807) is 71.5 Å². The number of halogens is 4. The van der Waals surface area contributed by atoms with Crippen LogP contribution in [-0.2, 0) is 0 Å². The van der Waals surface area contributed by atoms with Crippen LogP contribution < -0.4 is 5.32 Å². The number of alkyl halides is 3. The lowest BCUT2D eigenvalue weighted by molar-refractivity contribution is -0.0893. The van der Waals surface area contributed by atoms with Gasteiger partial charge in [-0.2, -0.15) is 18.3 Å². The van der Waals surface area contributed by atoms with Crippen LogP contribution in [0.5, 0.6) is 0 Å². The standard InChI is InChI=1S/C22H15F4N3/c23-17-6-9-19(10-7-17)29-20-11-8-18(13-16(20)14-27-29)28-21(22(24,25)26)12-15-4-2-1-3-5-15/h1-14,28H/b21-12+. The predicted octanol–water partition coefficient (Wildman–Crippen LogP) is 6.18. The molecule has 0 radical (unpaired) electrons. The van der Waals surface area contributed by atoms with E-state index in [0.29, 0.717) is 22.2 Å². The molecule has 0 amide bonds. The van der Waals surface area contributed by atoms with Crippen LogP contribution in [0.15, 0.2) is 84.7 Å². The Hall–Kier alpha value is -3.61. The SMILES string of the molecule is Fc1ccc(-n2ncc3cc(N/C(=C/c4ccccc4)C(F)(F)F)ccc32)cc1. The summed E-state index contributed by atoms with van der Waals surface area (Å²) in [5.41, 5.74) is 1.21. The van der Waals surface area contributed by atoms with Gasteiger partial charge in [0.15, 0.2) is 0 Å². The maximum atomic E-state index is 13.5. The van der Waals surface area contributed by atoms with Gasteiger partial charge in [-0.15, -0.1) is 0 Å². The topological polar surface area (TPSA) is 29.9 Å². The highest BCUT2D eigenvalue weighted by atomic mass is 19.4. The lowest BCUT2D eigenvalue weighted by atomic mass is 10.1. The van der Waals surface area contributed by atoms with Crippen molar-refractivity contribution in [2.75, 3.05) is 5.32 Å². The van der Waals surface area contributed by atoms with Crippen LogP contribution in [0.4, 0.5) is 23.2 Å². The third-order valence-corrected chi connectivity index (χ3v) is 4.33. The van der Waals surface area contributed by atoms with Crippen LogP contribution in [0.3, 0.4) is 0 Å². The molecule has 0 saturated heterocycles. The third kappa shape index (κ3) is 4.13. The Balaban J connectivity index is 1.67. The Kier molecular flexibility index (Phi) is 4.80. The second kappa shape index (κ2) is 7.43. The summed E-state index contributed by atoms with van der Waals surface area (Å²) in [5.74, 6) is -0.360. The number of fused-ring (bicyclic) bond motifs is 1. The van der Waals surface area contributed by atoms with Gasteiger partial charge in [0.05, 0.1) is 17.4 Å². The number of hydrogen-bond donors (Lipinski definition) is 1. The van der Waals surface area contributed by atoms with Gasteiger partial charge in [0.25, 0.3) is 0 Å². The van der Waals surface area contributed by atoms with Crippen molar-refractivity contribution in [1.82, 2.24) is 9.78 Å². The van der Waals surface area contributed by atoms with Gasteiger partial charge in [-0.1, -0.05) is 30.3 Å². The predicted molar refractivity (Wildman–Crippen MR) is 105 cm³/mol. The Bertz CT molecular complexity index is 1160. The summed E-state index contributed by atoms with van der Waals surface area (Å²) in [5, 5.41) is 7.38. The van der Waals surface area contributed by atoms with E-state index in [-0.39, 0.29) is 11.5 Å². The van der Waals surface area contributed by atoms with E-state index in [9.17, 15) is 17.6 Å². The minimum Gasteiger partial charge on any atom is -0.351 e. The lowest BCUT2D eigenvalue weighted by Crippen LogP contribution is -2.18. The quantitative estimate of drug-likeness (QED) is 0.417. The van der Waals surface area contributed by atoms with Crippen LogP contribution in [0.2, 0.25) is 0 Å². The Morgan fingerprint density at radius 2 is 1.66 bits per heavy atom. The van der Waals surface area contributed by atoms with Gasteiger partial charge >= 0.3 is 6.18 Å². The van der Waals surface area contributed by atoms with Gasteiger partial charge in [0, 0.05) is 11.1 Å². The zero-order valence-electron chi connectivity index (χ0n) is 15.0. The van der Waals surface area contributed by atoms with E-state index < -0.39 is 11.9 Å². The van der Waals surface area contributed by atoms with Crippen LogP contribution in [0, 0.1) is 5.82 Å². The fourth-order valence-corrected chi connectivity index (χ4v) is 2.96. The van der Waals surface area contributed by atoms with Crippen LogP contribution in [-0.4, -0.2) is 16.0 Å². The molecule has 4 aromatic rings. The molecule has 0 unspecified atom stereocenters. The van der Waals surface area contributed by atoms with E-state index in [2.05, 4.69) is 10.4 Å². The van der Waals surface area contributed by atoms with Gasteiger partial charge in [0.1, 0.15) is 11.5 Å². The second-order valence-electron chi connectivity index (χ2n) is 6.40. The van der Waals surface area contributed by atoms with Crippen molar-refractivity contribution in [2.45, 2.75) is 6.18 Å². The summed E-state index contributed by atoms with van der Waals surface area (Å²) in [7, 11) is 0. The first-order valence-electron chi connectivity index (χ1n) is 8.75. The third-order valence-electron chi connectivity index (χ3n) is 4.33. The highest BCUT2D eigenvalue weighted by molar-refractivity contribution is 5.84. The lowest BCUT2D eigenvalue weighted by Gasteiger charge is -2.15. The molecule has 1 N–H and O–H groups in total. The van der Waals surface area contributed by atoms with Crippen LogP contribution in [0.1, 0.15) is 5.56 Å². The minimum absolute atomic E-state index is 0.288. The molecule has 3 nitrogen and oxygen atoms in total. The molecule has 0 saturated carbocycles. The van der Waals surface area contributed by atoms with Crippen molar-refractivity contribution < 1.29 is 17.6 Å². The van der Waals surface area contributed by atoms with Gasteiger partial charge in [-0.3, -0.25) is 0 Å². The molecule has 146 valence electrons. The maximum Gasteiger partial charge on any atom is 0.431 e. The number of benzene rings is 3. The number of aromatic nitrogens is 2. The number of nitrogens with zero attached hydrogens (tertiary/aromatic N) is 2. The van der Waals surface area contributed by atoms with Crippen molar-refractivity contribution in [3.63, 3.8) is 0 Å². The summed E-state index contributed by atoms with van der Waals surface area (Å²) in [6, 6.07) is 18.9. The van der Waals surface area contributed by atoms with Crippen molar-refractivity contribution in [1.29, 1.82) is 0 Å². The normalized spacial score (nSPS) is 12.3. The first-order chi connectivity index (χ1) is 13.9. The number of anilines is 1. The first kappa shape index (κ1) is 18.7. The van der Waals surface area contributed by atoms with E-state index >= 15 is 0 Å². The summed E-state index contributed by atoms with van der Waals surface area (Å²) in [6.45, 7) is 0. The number of allylic oxidation sites excluding steroid dienone is 1. The smallest absolute Gasteiger partial charge is 0.351 e. The average molecular weight is 397 g/mol. The van der Waals surface area contributed by atoms with Gasteiger partial charge < -0.3 is 5.32 Å². The van der Waals surface area contributed by atoms with Gasteiger partial charge in [-0.05, 0) is 54.1 Å². The van der Waals surface area contributed by atoms with E-state index in [0.717, 1.165) is 6.08 Å². The molecule has 0 aliphatic heterocycles. The maximum absolute atomic E-state index is 13.5. The van der Waals surface area contributed by atoms with Crippen LogP contribution in [0.25, 0.3) is 22.7 Å². The van der Waals surface area contributed by atoms with Crippen LogP contribution >= 0.6 is 0 Å². The first-order valence-corrected chi connectivity index (χ1v) is 8.75. The molecule has 4 rings (SSSR count). The zero-order chi connectivity index (χ0) is 20.4. The molecular weight excluding hydrogens is 382 g/mol.